The number of fused-ring (bicyclic) bond motifs is 1. The van der Waals surface area contributed by atoms with Gasteiger partial charge in [0.1, 0.15) is 5.82 Å². The van der Waals surface area contributed by atoms with Crippen molar-refractivity contribution in [1.29, 1.82) is 0 Å². The van der Waals surface area contributed by atoms with Gasteiger partial charge in [-0.1, -0.05) is 0 Å². The second-order valence-electron chi connectivity index (χ2n) is 3.84. The lowest BCUT2D eigenvalue weighted by molar-refractivity contribution is -0.129. The Morgan fingerprint density at radius 1 is 1.58 bits per heavy atom. The summed E-state index contributed by atoms with van der Waals surface area (Å²) in [6, 6.07) is 0. The number of aromatic nitrogens is 2. The fourth-order valence-electron chi connectivity index (χ4n) is 1.80. The van der Waals surface area contributed by atoms with E-state index in [2.05, 4.69) is 9.97 Å². The van der Waals surface area contributed by atoms with Gasteiger partial charge in [-0.05, 0) is 13.8 Å². The minimum Gasteiger partial charge on any atom is -0.476 e. The van der Waals surface area contributed by atoms with Crippen molar-refractivity contribution < 1.29 is 19.1 Å². The standard InChI is InChI=1S/C11H14N4O4/c1-3-18-8(4-16)15-7(17)5-19-9-10(12)13-6(2)14-11(9)15/h4,8H,3,5H2,1-2H3,(H2,12,13,14). The van der Waals surface area contributed by atoms with Gasteiger partial charge in [-0.15, -0.1) is 0 Å². The molecule has 102 valence electrons. The van der Waals surface area contributed by atoms with Crippen molar-refractivity contribution in [2.45, 2.75) is 20.1 Å². The molecule has 0 aliphatic carbocycles. The third-order valence-electron chi connectivity index (χ3n) is 2.53. The van der Waals surface area contributed by atoms with Gasteiger partial charge in [-0.25, -0.2) is 9.97 Å². The molecule has 0 bridgehead atoms. The van der Waals surface area contributed by atoms with Gasteiger partial charge < -0.3 is 15.2 Å². The lowest BCUT2D eigenvalue weighted by Crippen LogP contribution is -2.48. The summed E-state index contributed by atoms with van der Waals surface area (Å²) in [5.74, 6) is 0.431. The maximum Gasteiger partial charge on any atom is 0.268 e. The predicted octanol–water partition coefficient (Wildman–Crippen LogP) is -0.346. The summed E-state index contributed by atoms with van der Waals surface area (Å²) < 4.78 is 10.4. The van der Waals surface area contributed by atoms with E-state index in [4.69, 9.17) is 15.2 Å². The van der Waals surface area contributed by atoms with Crippen LogP contribution in [0, 0.1) is 6.92 Å². The Balaban J connectivity index is 2.50. The van der Waals surface area contributed by atoms with Crippen LogP contribution in [-0.4, -0.2) is 41.6 Å². The van der Waals surface area contributed by atoms with E-state index in [0.717, 1.165) is 4.90 Å². The van der Waals surface area contributed by atoms with Crippen LogP contribution in [0.4, 0.5) is 11.6 Å². The summed E-state index contributed by atoms with van der Waals surface area (Å²) in [6.45, 7) is 3.40. The highest BCUT2D eigenvalue weighted by molar-refractivity contribution is 6.00. The van der Waals surface area contributed by atoms with E-state index < -0.39 is 12.1 Å². The number of carbonyl (C=O) groups excluding carboxylic acids is 2. The highest BCUT2D eigenvalue weighted by atomic mass is 16.5. The molecule has 2 N–H and O–H groups in total. The summed E-state index contributed by atoms with van der Waals surface area (Å²) in [5.41, 5.74) is 5.72. The molecule has 0 spiro atoms. The number of aldehydes is 1. The number of anilines is 2. The van der Waals surface area contributed by atoms with Crippen molar-refractivity contribution in [2.75, 3.05) is 23.8 Å². The van der Waals surface area contributed by atoms with E-state index in [0.29, 0.717) is 12.1 Å². The molecule has 1 aliphatic rings. The van der Waals surface area contributed by atoms with Gasteiger partial charge in [0.25, 0.3) is 5.91 Å². The van der Waals surface area contributed by atoms with Crippen LogP contribution in [0.5, 0.6) is 5.75 Å². The molecular weight excluding hydrogens is 252 g/mol. The van der Waals surface area contributed by atoms with E-state index >= 15 is 0 Å². The highest BCUT2D eigenvalue weighted by Crippen LogP contribution is 2.35. The van der Waals surface area contributed by atoms with Crippen molar-refractivity contribution >= 4 is 23.8 Å². The van der Waals surface area contributed by atoms with E-state index in [1.807, 2.05) is 0 Å². The van der Waals surface area contributed by atoms with Crippen molar-refractivity contribution in [1.82, 2.24) is 9.97 Å². The quantitative estimate of drug-likeness (QED) is 0.742. The molecule has 0 radical (unpaired) electrons. The van der Waals surface area contributed by atoms with Crippen molar-refractivity contribution in [3.05, 3.63) is 5.82 Å². The third kappa shape index (κ3) is 2.34. The van der Waals surface area contributed by atoms with Crippen molar-refractivity contribution in [3.63, 3.8) is 0 Å². The van der Waals surface area contributed by atoms with Crippen LogP contribution in [0.2, 0.25) is 0 Å². The topological polar surface area (TPSA) is 108 Å². The van der Waals surface area contributed by atoms with Gasteiger partial charge >= 0.3 is 0 Å². The Kier molecular flexibility index (Phi) is 3.61. The summed E-state index contributed by atoms with van der Waals surface area (Å²) >= 11 is 0. The number of nitrogens with two attached hydrogens (primary N) is 1. The number of rotatable bonds is 4. The lowest BCUT2D eigenvalue weighted by Gasteiger charge is -2.31. The summed E-state index contributed by atoms with van der Waals surface area (Å²) in [5, 5.41) is 0. The average molecular weight is 266 g/mol. The molecule has 1 unspecified atom stereocenters. The molecule has 1 atom stereocenters. The fraction of sp³-hybridized carbons (Fsp3) is 0.455. The Hall–Kier alpha value is -2.22. The molecule has 0 fully saturated rings. The first-order valence-electron chi connectivity index (χ1n) is 5.74. The molecule has 0 saturated heterocycles. The minimum atomic E-state index is -1.05. The third-order valence-corrected chi connectivity index (χ3v) is 2.53. The van der Waals surface area contributed by atoms with Gasteiger partial charge in [0, 0.05) is 6.61 Å². The number of aryl methyl sites for hydroxylation is 1. The number of nitrogen functional groups attached to an aromatic ring is 1. The monoisotopic (exact) mass is 266 g/mol. The fourth-order valence-corrected chi connectivity index (χ4v) is 1.80. The molecule has 0 saturated carbocycles. The van der Waals surface area contributed by atoms with Crippen LogP contribution >= 0.6 is 0 Å². The molecule has 8 heteroatoms. The summed E-state index contributed by atoms with van der Waals surface area (Å²) in [7, 11) is 0. The Morgan fingerprint density at radius 3 is 2.95 bits per heavy atom. The van der Waals surface area contributed by atoms with Crippen LogP contribution in [0.3, 0.4) is 0 Å². The zero-order valence-corrected chi connectivity index (χ0v) is 10.6. The van der Waals surface area contributed by atoms with Crippen LogP contribution in [0.25, 0.3) is 0 Å². The molecule has 1 aliphatic heterocycles. The van der Waals surface area contributed by atoms with E-state index in [-0.39, 0.29) is 30.6 Å². The number of hydrogen-bond donors (Lipinski definition) is 1. The zero-order chi connectivity index (χ0) is 14.0. The zero-order valence-electron chi connectivity index (χ0n) is 10.6. The molecule has 1 amide bonds. The summed E-state index contributed by atoms with van der Waals surface area (Å²) in [6.07, 6.45) is -0.515. The van der Waals surface area contributed by atoms with Crippen LogP contribution in [0.1, 0.15) is 12.7 Å². The van der Waals surface area contributed by atoms with Gasteiger partial charge in [0.2, 0.25) is 5.75 Å². The second kappa shape index (κ2) is 5.19. The van der Waals surface area contributed by atoms with E-state index in [1.165, 1.54) is 0 Å². The first-order valence-corrected chi connectivity index (χ1v) is 5.74. The second-order valence-corrected chi connectivity index (χ2v) is 3.84. The van der Waals surface area contributed by atoms with Crippen LogP contribution < -0.4 is 15.4 Å². The molecular formula is C11H14N4O4. The van der Waals surface area contributed by atoms with E-state index in [9.17, 15) is 9.59 Å². The number of ether oxygens (including phenoxy) is 2. The maximum atomic E-state index is 11.9. The number of hydrogen-bond acceptors (Lipinski definition) is 7. The smallest absolute Gasteiger partial charge is 0.268 e. The molecule has 8 nitrogen and oxygen atoms in total. The molecule has 2 heterocycles. The van der Waals surface area contributed by atoms with Gasteiger partial charge in [-0.2, -0.15) is 0 Å². The van der Waals surface area contributed by atoms with Crippen molar-refractivity contribution in [3.8, 4) is 5.75 Å². The van der Waals surface area contributed by atoms with Crippen LogP contribution in [0.15, 0.2) is 0 Å². The average Bonchev–Trinajstić information content (AvgIpc) is 2.36. The number of amides is 1. The van der Waals surface area contributed by atoms with E-state index in [1.54, 1.807) is 13.8 Å². The number of nitrogens with zero attached hydrogens (tertiary/aromatic N) is 3. The summed E-state index contributed by atoms with van der Waals surface area (Å²) in [4.78, 5) is 32.2. The SMILES string of the molecule is CCOC(C=O)N1C(=O)COc2c(N)nc(C)nc21. The first kappa shape index (κ1) is 13.2. The normalized spacial score (nSPS) is 15.7. The lowest BCUT2D eigenvalue weighted by atomic mass is 10.3. The molecule has 2 rings (SSSR count). The number of carbonyl (C=O) groups is 2. The Labute approximate surface area is 109 Å². The maximum absolute atomic E-state index is 11.9. The molecule has 1 aromatic rings. The molecule has 19 heavy (non-hydrogen) atoms. The molecule has 0 aromatic carbocycles. The highest BCUT2D eigenvalue weighted by Gasteiger charge is 2.35. The molecule has 1 aromatic heterocycles. The minimum absolute atomic E-state index is 0.126. The predicted molar refractivity (Wildman–Crippen MR) is 65.6 cm³/mol. The largest absolute Gasteiger partial charge is 0.476 e. The van der Waals surface area contributed by atoms with Crippen LogP contribution in [-0.2, 0) is 14.3 Å². The van der Waals surface area contributed by atoms with Gasteiger partial charge in [0.05, 0.1) is 0 Å². The van der Waals surface area contributed by atoms with Gasteiger partial charge in [0.15, 0.2) is 30.8 Å². The van der Waals surface area contributed by atoms with Gasteiger partial charge in [-0.3, -0.25) is 14.5 Å². The van der Waals surface area contributed by atoms with Crippen molar-refractivity contribution in [2.24, 2.45) is 0 Å². The first-order chi connectivity index (χ1) is 9.08. The Morgan fingerprint density at radius 2 is 2.32 bits per heavy atom. The Bertz CT molecular complexity index is 520.